The van der Waals surface area contributed by atoms with Crippen molar-refractivity contribution in [3.63, 3.8) is 0 Å². The number of benzene rings is 1. The smallest absolute Gasteiger partial charge is 0.0520 e. The molecular formula is C21H33N. The Morgan fingerprint density at radius 3 is 1.91 bits per heavy atom. The molecule has 1 aromatic heterocycles. The molecule has 0 aliphatic heterocycles. The SMILES string of the molecule is CC(C)(C)Cc1cccc2cc(C(C)(C)C)n(C(C)(C)C)c12. The molecule has 0 saturated carbocycles. The van der Waals surface area contributed by atoms with E-state index in [1.54, 1.807) is 0 Å². The first-order valence-electron chi connectivity index (χ1n) is 8.45. The second kappa shape index (κ2) is 5.15. The maximum Gasteiger partial charge on any atom is 0.0520 e. The molecule has 0 aliphatic carbocycles. The van der Waals surface area contributed by atoms with E-state index < -0.39 is 0 Å². The van der Waals surface area contributed by atoms with Crippen molar-refractivity contribution < 1.29 is 0 Å². The van der Waals surface area contributed by atoms with Gasteiger partial charge in [0, 0.05) is 22.0 Å². The second-order valence-corrected chi connectivity index (χ2v) is 9.88. The maximum absolute atomic E-state index is 2.57. The molecule has 0 unspecified atom stereocenters. The summed E-state index contributed by atoms with van der Waals surface area (Å²) in [6.45, 7) is 20.8. The van der Waals surface area contributed by atoms with Crippen molar-refractivity contribution in [3.05, 3.63) is 35.5 Å². The van der Waals surface area contributed by atoms with Gasteiger partial charge in [0.15, 0.2) is 0 Å². The summed E-state index contributed by atoms with van der Waals surface area (Å²) < 4.78 is 2.57. The van der Waals surface area contributed by atoms with Crippen LogP contribution in [-0.2, 0) is 17.4 Å². The Kier molecular flexibility index (Phi) is 4.00. The Morgan fingerprint density at radius 1 is 0.864 bits per heavy atom. The van der Waals surface area contributed by atoms with Gasteiger partial charge in [0.1, 0.15) is 0 Å². The Hall–Kier alpha value is -1.24. The van der Waals surface area contributed by atoms with E-state index in [2.05, 4.69) is 91.1 Å². The molecule has 0 saturated heterocycles. The molecule has 0 fully saturated rings. The van der Waals surface area contributed by atoms with Crippen LogP contribution in [-0.4, -0.2) is 4.57 Å². The monoisotopic (exact) mass is 299 g/mol. The van der Waals surface area contributed by atoms with Crippen molar-refractivity contribution >= 4 is 10.9 Å². The summed E-state index contributed by atoms with van der Waals surface area (Å²) in [5, 5.41) is 1.38. The fourth-order valence-electron chi connectivity index (χ4n) is 3.30. The average molecular weight is 300 g/mol. The van der Waals surface area contributed by atoms with Crippen molar-refractivity contribution in [3.8, 4) is 0 Å². The maximum atomic E-state index is 2.57. The lowest BCUT2D eigenvalue weighted by Crippen LogP contribution is -2.29. The van der Waals surface area contributed by atoms with Crippen molar-refractivity contribution in [1.82, 2.24) is 4.57 Å². The minimum atomic E-state index is 0.0817. The number of hydrogen-bond donors (Lipinski definition) is 0. The molecule has 2 aromatic rings. The highest BCUT2D eigenvalue weighted by Gasteiger charge is 2.28. The first kappa shape index (κ1) is 17.1. The Morgan fingerprint density at radius 2 is 1.45 bits per heavy atom. The number of fused-ring (bicyclic) bond motifs is 1. The van der Waals surface area contributed by atoms with Crippen LogP contribution < -0.4 is 0 Å². The van der Waals surface area contributed by atoms with Crippen molar-refractivity contribution in [2.24, 2.45) is 5.41 Å². The lowest BCUT2D eigenvalue weighted by Gasteiger charge is -2.32. The zero-order valence-electron chi connectivity index (χ0n) is 16.0. The third-order valence-electron chi connectivity index (χ3n) is 4.07. The van der Waals surface area contributed by atoms with Gasteiger partial charge in [-0.25, -0.2) is 0 Å². The summed E-state index contributed by atoms with van der Waals surface area (Å²) in [5.74, 6) is 0. The van der Waals surface area contributed by atoms with Crippen LogP contribution in [0.3, 0.4) is 0 Å². The highest BCUT2D eigenvalue weighted by Crippen LogP contribution is 2.37. The van der Waals surface area contributed by atoms with Crippen LogP contribution in [0.4, 0.5) is 0 Å². The third-order valence-corrected chi connectivity index (χ3v) is 4.07. The average Bonchev–Trinajstić information content (AvgIpc) is 2.66. The van der Waals surface area contributed by atoms with Gasteiger partial charge < -0.3 is 4.57 Å². The number of rotatable bonds is 1. The summed E-state index contributed by atoms with van der Waals surface area (Å²) in [7, 11) is 0. The molecule has 0 amide bonds. The van der Waals surface area contributed by atoms with E-state index in [1.165, 1.54) is 22.2 Å². The third kappa shape index (κ3) is 3.39. The van der Waals surface area contributed by atoms with Gasteiger partial charge in [-0.3, -0.25) is 0 Å². The number of para-hydroxylation sites is 1. The Labute approximate surface area is 136 Å². The molecule has 0 spiro atoms. The molecular weight excluding hydrogens is 266 g/mol. The van der Waals surface area contributed by atoms with Crippen LogP contribution in [0.5, 0.6) is 0 Å². The van der Waals surface area contributed by atoms with Gasteiger partial charge in [0.05, 0.1) is 5.52 Å². The van der Waals surface area contributed by atoms with Crippen LogP contribution >= 0.6 is 0 Å². The van der Waals surface area contributed by atoms with Gasteiger partial charge >= 0.3 is 0 Å². The minimum absolute atomic E-state index is 0.0817. The predicted octanol–water partition coefficient (Wildman–Crippen LogP) is 6.28. The van der Waals surface area contributed by atoms with Gasteiger partial charge in [-0.05, 0) is 44.2 Å². The van der Waals surface area contributed by atoms with Crippen molar-refractivity contribution in [2.45, 2.75) is 79.7 Å². The van der Waals surface area contributed by atoms with Gasteiger partial charge in [-0.2, -0.15) is 0 Å². The molecule has 122 valence electrons. The Bertz CT molecular complexity index is 667. The molecule has 0 bridgehead atoms. The standard InChI is InChI=1S/C21H33N/c1-19(2,3)14-16-12-10-11-15-13-17(20(4,5)6)22(18(15)16)21(7,8)9/h10-13H,14H2,1-9H3. The lowest BCUT2D eigenvalue weighted by atomic mass is 9.87. The fourth-order valence-corrected chi connectivity index (χ4v) is 3.30. The fraction of sp³-hybridized carbons (Fsp3) is 0.619. The summed E-state index contributed by atoms with van der Waals surface area (Å²) in [4.78, 5) is 0. The van der Waals surface area contributed by atoms with E-state index in [-0.39, 0.29) is 11.0 Å². The molecule has 0 N–H and O–H groups in total. The minimum Gasteiger partial charge on any atom is -0.339 e. The number of nitrogens with zero attached hydrogens (tertiary/aromatic N) is 1. The van der Waals surface area contributed by atoms with Crippen LogP contribution in [0.15, 0.2) is 24.3 Å². The second-order valence-electron chi connectivity index (χ2n) is 9.88. The van der Waals surface area contributed by atoms with Gasteiger partial charge in [0.25, 0.3) is 0 Å². The normalized spacial score (nSPS) is 13.9. The van der Waals surface area contributed by atoms with E-state index in [1.807, 2.05) is 0 Å². The van der Waals surface area contributed by atoms with Crippen LogP contribution in [0.1, 0.15) is 73.6 Å². The highest BCUT2D eigenvalue weighted by molar-refractivity contribution is 5.85. The zero-order valence-corrected chi connectivity index (χ0v) is 16.0. The predicted molar refractivity (Wildman–Crippen MR) is 98.8 cm³/mol. The molecule has 0 aliphatic rings. The first-order chi connectivity index (χ1) is 9.81. The quantitative estimate of drug-likeness (QED) is 0.583. The van der Waals surface area contributed by atoms with Gasteiger partial charge in [-0.1, -0.05) is 59.7 Å². The van der Waals surface area contributed by atoms with Gasteiger partial charge in [-0.15, -0.1) is 0 Å². The largest absolute Gasteiger partial charge is 0.339 e. The summed E-state index contributed by atoms with van der Waals surface area (Å²) in [6, 6.07) is 9.18. The van der Waals surface area contributed by atoms with E-state index in [9.17, 15) is 0 Å². The topological polar surface area (TPSA) is 4.93 Å². The summed E-state index contributed by atoms with van der Waals surface area (Å²) in [5.41, 5.74) is 4.84. The van der Waals surface area contributed by atoms with Gasteiger partial charge in [0.2, 0.25) is 0 Å². The van der Waals surface area contributed by atoms with Crippen molar-refractivity contribution in [2.75, 3.05) is 0 Å². The van der Waals surface area contributed by atoms with Crippen LogP contribution in [0.2, 0.25) is 0 Å². The lowest BCUT2D eigenvalue weighted by molar-refractivity contribution is 0.368. The van der Waals surface area contributed by atoms with E-state index >= 15 is 0 Å². The number of aromatic nitrogens is 1. The highest BCUT2D eigenvalue weighted by atomic mass is 15.1. The molecule has 2 rings (SSSR count). The zero-order chi connectivity index (χ0) is 16.9. The van der Waals surface area contributed by atoms with Crippen LogP contribution in [0.25, 0.3) is 10.9 Å². The molecule has 1 aromatic carbocycles. The Balaban J connectivity index is 2.84. The molecule has 0 atom stereocenters. The molecule has 1 heteroatoms. The summed E-state index contributed by atoms with van der Waals surface area (Å²) >= 11 is 0. The summed E-state index contributed by atoms with van der Waals surface area (Å²) in [6.07, 6.45) is 1.11. The van der Waals surface area contributed by atoms with Crippen LogP contribution in [0, 0.1) is 5.41 Å². The molecule has 22 heavy (non-hydrogen) atoms. The first-order valence-corrected chi connectivity index (χ1v) is 8.45. The van der Waals surface area contributed by atoms with E-state index in [0.717, 1.165) is 6.42 Å². The molecule has 1 nitrogen and oxygen atoms in total. The van der Waals surface area contributed by atoms with E-state index in [0.29, 0.717) is 5.41 Å². The van der Waals surface area contributed by atoms with E-state index in [4.69, 9.17) is 0 Å². The van der Waals surface area contributed by atoms with Crippen molar-refractivity contribution in [1.29, 1.82) is 0 Å². The molecule has 0 radical (unpaired) electrons. The number of hydrogen-bond acceptors (Lipinski definition) is 0. The molecule has 1 heterocycles.